The second-order valence-corrected chi connectivity index (χ2v) is 9.79. The van der Waals surface area contributed by atoms with E-state index in [-0.39, 0.29) is 11.6 Å². The number of halogens is 6. The van der Waals surface area contributed by atoms with Crippen molar-refractivity contribution in [3.8, 4) is 0 Å². The van der Waals surface area contributed by atoms with Gasteiger partial charge in [0.2, 0.25) is 0 Å². The molecule has 2 aromatic rings. The largest absolute Gasteiger partial charge is 0.444 e. The Morgan fingerprint density at radius 1 is 0.769 bits per heavy atom. The Morgan fingerprint density at radius 2 is 1.21 bits per heavy atom. The maximum Gasteiger partial charge on any atom is 0.418 e. The van der Waals surface area contributed by atoms with E-state index in [1.807, 2.05) is 0 Å². The van der Waals surface area contributed by atoms with Crippen LogP contribution in [0.4, 0.5) is 42.8 Å². The number of aromatic nitrogens is 4. The zero-order valence-electron chi connectivity index (χ0n) is 21.7. The molecule has 2 fully saturated rings. The molecule has 4 heterocycles. The minimum atomic E-state index is -4.46. The van der Waals surface area contributed by atoms with Gasteiger partial charge < -0.3 is 24.8 Å². The summed E-state index contributed by atoms with van der Waals surface area (Å²) < 4.78 is 80.7. The van der Waals surface area contributed by atoms with Gasteiger partial charge in [-0.2, -0.15) is 36.5 Å². The van der Waals surface area contributed by atoms with Gasteiger partial charge >= 0.3 is 18.4 Å². The van der Waals surface area contributed by atoms with Crippen molar-refractivity contribution in [2.24, 2.45) is 0 Å². The number of nitrogens with zero attached hydrogens (tertiary/aromatic N) is 7. The molecule has 0 aliphatic carbocycles. The van der Waals surface area contributed by atoms with E-state index in [4.69, 9.17) is 4.74 Å². The third-order valence-electron chi connectivity index (χ3n) is 5.63. The highest BCUT2D eigenvalue weighted by Gasteiger charge is 2.33. The number of piperazine rings is 2. The van der Waals surface area contributed by atoms with Gasteiger partial charge in [-0.05, 0) is 32.9 Å². The number of hydrogen-bond donors (Lipinski definition) is 1. The molecule has 216 valence electrons. The molecule has 2 aliphatic heterocycles. The number of amides is 1. The van der Waals surface area contributed by atoms with Crippen LogP contribution in [0.2, 0.25) is 0 Å². The summed E-state index contributed by atoms with van der Waals surface area (Å²) in [6.45, 7) is 9.57. The lowest BCUT2D eigenvalue weighted by Gasteiger charge is -2.36. The zero-order valence-corrected chi connectivity index (χ0v) is 21.7. The average molecular weight is 565 g/mol. The quantitative estimate of drug-likeness (QED) is 0.550. The molecule has 0 saturated carbocycles. The smallest absolute Gasteiger partial charge is 0.418 e. The summed E-state index contributed by atoms with van der Waals surface area (Å²) in [6.07, 6.45) is -7.80. The number of carbonyl (C=O) groups is 1. The summed E-state index contributed by atoms with van der Waals surface area (Å²) in [5.74, 6) is 0.444. The van der Waals surface area contributed by atoms with Crippen molar-refractivity contribution in [3.63, 3.8) is 0 Å². The molecule has 1 N–H and O–H groups in total. The first-order chi connectivity index (χ1) is 18.1. The summed E-state index contributed by atoms with van der Waals surface area (Å²) in [6, 6.07) is 2.01. The number of anilines is 2. The van der Waals surface area contributed by atoms with Crippen LogP contribution in [0, 0.1) is 0 Å². The fourth-order valence-electron chi connectivity index (χ4n) is 3.67. The lowest BCUT2D eigenvalue weighted by molar-refractivity contribution is -0.138. The molecular formula is C23H30F6N8O2. The van der Waals surface area contributed by atoms with Gasteiger partial charge in [-0.15, -0.1) is 10.2 Å². The lowest BCUT2D eigenvalue weighted by atomic mass is 10.2. The highest BCUT2D eigenvalue weighted by atomic mass is 19.4. The summed E-state index contributed by atoms with van der Waals surface area (Å²) in [5.41, 5.74) is -2.17. The normalized spacial score (nSPS) is 16.9. The van der Waals surface area contributed by atoms with Crippen LogP contribution in [0.1, 0.15) is 31.9 Å². The Kier molecular flexibility index (Phi) is 9.40. The van der Waals surface area contributed by atoms with E-state index in [1.165, 1.54) is 4.90 Å². The first-order valence-corrected chi connectivity index (χ1v) is 12.1. The van der Waals surface area contributed by atoms with E-state index in [0.717, 1.165) is 31.4 Å². The molecule has 4 rings (SSSR count). The number of carbonyl (C=O) groups excluding carboxylic acids is 1. The molecule has 0 atom stereocenters. The zero-order chi connectivity index (χ0) is 28.8. The topological polar surface area (TPSA) is 99.6 Å². The van der Waals surface area contributed by atoms with Gasteiger partial charge in [0, 0.05) is 52.4 Å². The summed E-state index contributed by atoms with van der Waals surface area (Å²) in [4.78, 5) is 16.9. The van der Waals surface area contributed by atoms with Crippen LogP contribution < -0.4 is 15.1 Å². The van der Waals surface area contributed by atoms with Crippen molar-refractivity contribution in [1.29, 1.82) is 0 Å². The van der Waals surface area contributed by atoms with Gasteiger partial charge in [0.05, 0.1) is 23.5 Å². The van der Waals surface area contributed by atoms with Gasteiger partial charge in [-0.3, -0.25) is 0 Å². The summed E-state index contributed by atoms with van der Waals surface area (Å²) >= 11 is 0. The average Bonchev–Trinajstić information content (AvgIpc) is 2.88. The summed E-state index contributed by atoms with van der Waals surface area (Å²) in [5, 5.41) is 17.4. The van der Waals surface area contributed by atoms with Crippen molar-refractivity contribution in [3.05, 3.63) is 35.7 Å². The Labute approximate surface area is 221 Å². The second-order valence-electron chi connectivity index (χ2n) is 9.79. The standard InChI is InChI=1S/C14H19F3N4O2.C9H11F3N4/c1-13(2,3)23-12(22)21-6-4-20(5-7-21)11-8-10(9-18-19-11)14(15,16)17;10-9(11,12)7-5-8(15-14-6-7)16-3-1-13-2-4-16/h8-9H,4-7H2,1-3H3;5-6,13H,1-4H2. The number of rotatable bonds is 2. The predicted molar refractivity (Wildman–Crippen MR) is 129 cm³/mol. The maximum absolute atomic E-state index is 12.7. The molecule has 39 heavy (non-hydrogen) atoms. The van der Waals surface area contributed by atoms with Crippen LogP contribution in [0.25, 0.3) is 0 Å². The number of nitrogens with one attached hydrogen (secondary N) is 1. The van der Waals surface area contributed by atoms with Gasteiger partial charge in [-0.25, -0.2) is 4.79 Å². The minimum absolute atomic E-state index is 0.156. The van der Waals surface area contributed by atoms with E-state index in [1.54, 1.807) is 30.6 Å². The van der Waals surface area contributed by atoms with Crippen molar-refractivity contribution < 1.29 is 35.9 Å². The van der Waals surface area contributed by atoms with Crippen LogP contribution in [0.3, 0.4) is 0 Å². The highest BCUT2D eigenvalue weighted by Crippen LogP contribution is 2.31. The Hall–Kier alpha value is -3.43. The highest BCUT2D eigenvalue weighted by molar-refractivity contribution is 5.68. The van der Waals surface area contributed by atoms with Crippen LogP contribution >= 0.6 is 0 Å². The Balaban J connectivity index is 0.000000230. The molecule has 10 nitrogen and oxygen atoms in total. The first kappa shape index (κ1) is 30.1. The molecule has 2 aromatic heterocycles. The minimum Gasteiger partial charge on any atom is -0.444 e. The van der Waals surface area contributed by atoms with Crippen molar-refractivity contribution in [1.82, 2.24) is 30.6 Å². The molecule has 2 aliphatic rings. The SMILES string of the molecule is CC(C)(C)OC(=O)N1CCN(c2cc(C(F)(F)F)cnn2)CC1.FC(F)(F)c1cnnc(N2CCNCC2)c1. The fraction of sp³-hybridized carbons (Fsp3) is 0.609. The molecule has 16 heteroatoms. The third-order valence-corrected chi connectivity index (χ3v) is 5.63. The van der Waals surface area contributed by atoms with Crippen LogP contribution in [0.5, 0.6) is 0 Å². The monoisotopic (exact) mass is 564 g/mol. The molecule has 1 amide bonds. The molecule has 2 saturated heterocycles. The molecular weight excluding hydrogens is 534 g/mol. The van der Waals surface area contributed by atoms with E-state index in [9.17, 15) is 31.1 Å². The number of ether oxygens (including phenoxy) is 1. The third kappa shape index (κ3) is 9.07. The van der Waals surface area contributed by atoms with Gasteiger partial charge in [0.15, 0.2) is 11.6 Å². The van der Waals surface area contributed by atoms with E-state index < -0.39 is 35.2 Å². The van der Waals surface area contributed by atoms with E-state index in [2.05, 4.69) is 25.7 Å². The molecule has 0 radical (unpaired) electrons. The first-order valence-electron chi connectivity index (χ1n) is 12.1. The Morgan fingerprint density at radius 3 is 1.62 bits per heavy atom. The van der Waals surface area contributed by atoms with Crippen molar-refractivity contribution in [2.45, 2.75) is 38.7 Å². The van der Waals surface area contributed by atoms with E-state index >= 15 is 0 Å². The van der Waals surface area contributed by atoms with Gasteiger partial charge in [0.25, 0.3) is 0 Å². The van der Waals surface area contributed by atoms with Crippen LogP contribution in [0.15, 0.2) is 24.5 Å². The van der Waals surface area contributed by atoms with Gasteiger partial charge in [0.1, 0.15) is 5.60 Å². The number of hydrogen-bond acceptors (Lipinski definition) is 9. The molecule has 0 bridgehead atoms. The van der Waals surface area contributed by atoms with E-state index in [0.29, 0.717) is 45.5 Å². The van der Waals surface area contributed by atoms with Crippen molar-refractivity contribution in [2.75, 3.05) is 62.2 Å². The maximum atomic E-state index is 12.7. The van der Waals surface area contributed by atoms with Crippen LogP contribution in [-0.4, -0.2) is 89.3 Å². The predicted octanol–water partition coefficient (Wildman–Crippen LogP) is 3.46. The molecule has 0 unspecified atom stereocenters. The second kappa shape index (κ2) is 12.2. The van der Waals surface area contributed by atoms with Crippen LogP contribution in [-0.2, 0) is 17.1 Å². The summed E-state index contributed by atoms with van der Waals surface area (Å²) in [7, 11) is 0. The lowest BCUT2D eigenvalue weighted by Crippen LogP contribution is -2.50. The molecule has 0 spiro atoms. The van der Waals surface area contributed by atoms with Crippen molar-refractivity contribution >= 4 is 17.7 Å². The number of alkyl halides is 6. The fourth-order valence-corrected chi connectivity index (χ4v) is 3.67. The molecule has 0 aromatic carbocycles. The Bertz CT molecular complexity index is 1100. The van der Waals surface area contributed by atoms with Gasteiger partial charge in [-0.1, -0.05) is 0 Å².